The van der Waals surface area contributed by atoms with Crippen LogP contribution < -0.4 is 0 Å². The maximum atomic E-state index is 13.2. The molecule has 0 radical (unpaired) electrons. The normalized spacial score (nSPS) is 12.6. The molecule has 0 aliphatic carbocycles. The predicted molar refractivity (Wildman–Crippen MR) is 99.2 cm³/mol. The number of hydrogen-bond acceptors (Lipinski definition) is 7. The molecule has 0 saturated carbocycles. The Labute approximate surface area is 159 Å². The Morgan fingerprint density at radius 2 is 2.04 bits per heavy atom. The maximum absolute atomic E-state index is 13.2. The molecule has 0 N–H and O–H groups in total. The summed E-state index contributed by atoms with van der Waals surface area (Å²) in [6.45, 7) is 4.07. The number of aryl methyl sites for hydroxylation is 1. The van der Waals surface area contributed by atoms with Gasteiger partial charge in [-0.15, -0.1) is 0 Å². The van der Waals surface area contributed by atoms with E-state index in [0.29, 0.717) is 11.5 Å². The number of nitrogens with zero attached hydrogens (tertiary/aromatic N) is 6. The first-order valence-electron chi connectivity index (χ1n) is 8.59. The largest absolute Gasteiger partial charge is 0.338 e. The van der Waals surface area contributed by atoms with Gasteiger partial charge in [0.1, 0.15) is 17.2 Å². The van der Waals surface area contributed by atoms with E-state index >= 15 is 0 Å². The first-order chi connectivity index (χ1) is 13.2. The molecule has 0 saturated heterocycles. The molecule has 1 atom stereocenters. The predicted octanol–water partition coefficient (Wildman–Crippen LogP) is 4.14. The van der Waals surface area contributed by atoms with Crippen molar-refractivity contribution in [1.29, 1.82) is 0 Å². The minimum absolute atomic E-state index is 0.0598. The molecule has 138 valence electrons. The van der Waals surface area contributed by atoms with Crippen molar-refractivity contribution in [2.24, 2.45) is 0 Å². The number of hydrogen-bond donors (Lipinski definition) is 0. The van der Waals surface area contributed by atoms with E-state index in [1.807, 2.05) is 6.92 Å². The van der Waals surface area contributed by atoms with Crippen LogP contribution in [0.2, 0.25) is 0 Å². The molecular formula is C18H17FN6OS. The zero-order valence-electron chi connectivity index (χ0n) is 14.8. The van der Waals surface area contributed by atoms with E-state index in [2.05, 4.69) is 32.1 Å². The van der Waals surface area contributed by atoms with Gasteiger partial charge in [0.25, 0.3) is 0 Å². The molecule has 3 aromatic heterocycles. The minimum atomic E-state index is -0.295. The SMILES string of the molecule is CCCc1noc([C@H](C)Sc2ncnc3c2cnn3-c2ccc(F)cc2)n1. The van der Waals surface area contributed by atoms with E-state index in [1.165, 1.54) is 30.2 Å². The fraction of sp³-hybridized carbons (Fsp3) is 0.278. The summed E-state index contributed by atoms with van der Waals surface area (Å²) in [4.78, 5) is 13.2. The molecule has 0 aliphatic heterocycles. The molecule has 27 heavy (non-hydrogen) atoms. The molecule has 9 heteroatoms. The summed E-state index contributed by atoms with van der Waals surface area (Å²) in [7, 11) is 0. The standard InChI is InChI=1S/C18H17FN6OS/c1-3-4-15-23-17(26-24-15)11(2)27-18-14-9-22-25(16(14)20-10-21-18)13-7-5-12(19)6-8-13/h5-11H,3-4H2,1-2H3/t11-/m0/s1. The van der Waals surface area contributed by atoms with Crippen molar-refractivity contribution in [3.63, 3.8) is 0 Å². The van der Waals surface area contributed by atoms with E-state index in [0.717, 1.165) is 34.8 Å². The van der Waals surface area contributed by atoms with Gasteiger partial charge >= 0.3 is 0 Å². The van der Waals surface area contributed by atoms with Crippen molar-refractivity contribution >= 4 is 22.8 Å². The number of aromatic nitrogens is 6. The smallest absolute Gasteiger partial charge is 0.239 e. The Kier molecular flexibility index (Phi) is 4.85. The van der Waals surface area contributed by atoms with Gasteiger partial charge in [-0.2, -0.15) is 10.1 Å². The molecule has 1 aromatic carbocycles. The molecule has 4 aromatic rings. The van der Waals surface area contributed by atoms with Gasteiger partial charge in [0.05, 0.1) is 22.5 Å². The highest BCUT2D eigenvalue weighted by atomic mass is 32.2. The summed E-state index contributed by atoms with van der Waals surface area (Å²) < 4.78 is 20.2. The van der Waals surface area contributed by atoms with E-state index in [9.17, 15) is 4.39 Å². The van der Waals surface area contributed by atoms with Crippen LogP contribution in [0.4, 0.5) is 4.39 Å². The van der Waals surface area contributed by atoms with E-state index in [-0.39, 0.29) is 11.1 Å². The second kappa shape index (κ2) is 7.43. The second-order valence-corrected chi connectivity index (χ2v) is 7.34. The van der Waals surface area contributed by atoms with Crippen molar-refractivity contribution in [2.45, 2.75) is 37.0 Å². The average Bonchev–Trinajstić information content (AvgIpc) is 3.31. The van der Waals surface area contributed by atoms with Crippen LogP contribution >= 0.6 is 11.8 Å². The van der Waals surface area contributed by atoms with Gasteiger partial charge < -0.3 is 4.52 Å². The first-order valence-corrected chi connectivity index (χ1v) is 9.47. The molecule has 0 amide bonds. The third kappa shape index (κ3) is 3.55. The third-order valence-electron chi connectivity index (χ3n) is 3.99. The second-order valence-electron chi connectivity index (χ2n) is 6.01. The van der Waals surface area contributed by atoms with Crippen molar-refractivity contribution in [3.8, 4) is 5.69 Å². The Balaban J connectivity index is 1.63. The highest BCUT2D eigenvalue weighted by Gasteiger charge is 2.19. The molecular weight excluding hydrogens is 367 g/mol. The fourth-order valence-electron chi connectivity index (χ4n) is 2.66. The van der Waals surface area contributed by atoms with Crippen LogP contribution in [0.1, 0.15) is 37.2 Å². The van der Waals surface area contributed by atoms with E-state index < -0.39 is 0 Å². The number of fused-ring (bicyclic) bond motifs is 1. The quantitative estimate of drug-likeness (QED) is 0.365. The topological polar surface area (TPSA) is 82.5 Å². The zero-order valence-corrected chi connectivity index (χ0v) is 15.6. The highest BCUT2D eigenvalue weighted by molar-refractivity contribution is 7.99. The molecule has 4 rings (SSSR count). The number of halogens is 1. The van der Waals surface area contributed by atoms with Crippen molar-refractivity contribution in [2.75, 3.05) is 0 Å². The summed E-state index contributed by atoms with van der Waals surface area (Å²) in [6, 6.07) is 6.11. The van der Waals surface area contributed by atoms with Gasteiger partial charge in [0.2, 0.25) is 5.89 Å². The fourth-order valence-corrected chi connectivity index (χ4v) is 3.57. The average molecular weight is 384 g/mol. The van der Waals surface area contributed by atoms with Crippen LogP contribution in [0.5, 0.6) is 0 Å². The van der Waals surface area contributed by atoms with Gasteiger partial charge in [0.15, 0.2) is 11.5 Å². The van der Waals surface area contributed by atoms with Crippen LogP contribution in [0.3, 0.4) is 0 Å². The number of benzene rings is 1. The monoisotopic (exact) mass is 384 g/mol. The number of thioether (sulfide) groups is 1. The summed E-state index contributed by atoms with van der Waals surface area (Å²) in [6.07, 6.45) is 4.97. The zero-order chi connectivity index (χ0) is 18.8. The van der Waals surface area contributed by atoms with Gasteiger partial charge in [-0.05, 0) is 37.6 Å². The lowest BCUT2D eigenvalue weighted by Gasteiger charge is -2.07. The van der Waals surface area contributed by atoms with Crippen LogP contribution in [-0.4, -0.2) is 29.9 Å². The molecule has 0 aliphatic rings. The Hall–Kier alpha value is -2.81. The lowest BCUT2D eigenvalue weighted by Crippen LogP contribution is -1.98. The molecule has 0 spiro atoms. The van der Waals surface area contributed by atoms with Crippen LogP contribution in [-0.2, 0) is 6.42 Å². The van der Waals surface area contributed by atoms with E-state index in [4.69, 9.17) is 4.52 Å². The van der Waals surface area contributed by atoms with Gasteiger partial charge in [0, 0.05) is 6.42 Å². The Morgan fingerprint density at radius 1 is 1.22 bits per heavy atom. The van der Waals surface area contributed by atoms with Gasteiger partial charge in [-0.3, -0.25) is 0 Å². The molecule has 0 fully saturated rings. The third-order valence-corrected chi connectivity index (χ3v) is 5.10. The van der Waals surface area contributed by atoms with Crippen LogP contribution in [0, 0.1) is 5.82 Å². The summed E-state index contributed by atoms with van der Waals surface area (Å²) in [5.74, 6) is 0.995. The summed E-state index contributed by atoms with van der Waals surface area (Å²) in [5, 5.41) is 9.92. The van der Waals surface area contributed by atoms with Crippen molar-refractivity contribution in [3.05, 3.63) is 54.3 Å². The van der Waals surface area contributed by atoms with Crippen LogP contribution in [0.25, 0.3) is 16.7 Å². The lowest BCUT2D eigenvalue weighted by atomic mass is 10.3. The van der Waals surface area contributed by atoms with Crippen LogP contribution in [0.15, 0.2) is 46.3 Å². The maximum Gasteiger partial charge on any atom is 0.239 e. The van der Waals surface area contributed by atoms with Crippen molar-refractivity contribution in [1.82, 2.24) is 29.9 Å². The minimum Gasteiger partial charge on any atom is -0.338 e. The summed E-state index contributed by atoms with van der Waals surface area (Å²) >= 11 is 1.51. The van der Waals surface area contributed by atoms with Gasteiger partial charge in [-0.25, -0.2) is 19.0 Å². The Bertz CT molecular complexity index is 1060. The first kappa shape index (κ1) is 17.6. The lowest BCUT2D eigenvalue weighted by molar-refractivity contribution is 0.374. The molecule has 3 heterocycles. The van der Waals surface area contributed by atoms with Gasteiger partial charge in [-0.1, -0.05) is 23.8 Å². The number of rotatable bonds is 6. The molecule has 7 nitrogen and oxygen atoms in total. The molecule has 0 bridgehead atoms. The summed E-state index contributed by atoms with van der Waals surface area (Å²) in [5.41, 5.74) is 1.39. The van der Waals surface area contributed by atoms with Crippen molar-refractivity contribution < 1.29 is 8.91 Å². The Morgan fingerprint density at radius 3 is 2.81 bits per heavy atom. The van der Waals surface area contributed by atoms with E-state index in [1.54, 1.807) is 23.0 Å². The molecule has 0 unspecified atom stereocenters. The highest BCUT2D eigenvalue weighted by Crippen LogP contribution is 2.36.